The van der Waals surface area contributed by atoms with Crippen LogP contribution in [-0.2, 0) is 4.79 Å². The summed E-state index contributed by atoms with van der Waals surface area (Å²) in [5.74, 6) is -0.804. The molecule has 0 bridgehead atoms. The summed E-state index contributed by atoms with van der Waals surface area (Å²) in [7, 11) is 0. The van der Waals surface area contributed by atoms with Crippen LogP contribution in [0.1, 0.15) is 23.8 Å². The van der Waals surface area contributed by atoms with Crippen molar-refractivity contribution in [1.29, 1.82) is 0 Å². The van der Waals surface area contributed by atoms with Gasteiger partial charge in [-0.3, -0.25) is 19.8 Å². The van der Waals surface area contributed by atoms with E-state index in [1.807, 2.05) is 6.92 Å². The predicted molar refractivity (Wildman–Crippen MR) is 67.1 cm³/mol. The number of carbonyl (C=O) groups excluding carboxylic acids is 2. The van der Waals surface area contributed by atoms with E-state index in [1.165, 1.54) is 0 Å². The molecule has 1 heterocycles. The van der Waals surface area contributed by atoms with Gasteiger partial charge < -0.3 is 10.1 Å². The first-order chi connectivity index (χ1) is 8.67. The molecular weight excluding hydrogens is 234 g/mol. The number of aliphatic hydroxyl groups excluding tert-OH is 1. The summed E-state index contributed by atoms with van der Waals surface area (Å²) in [5.41, 5.74) is 0.354. The van der Waals surface area contributed by atoms with Crippen molar-refractivity contribution in [2.24, 2.45) is 0 Å². The van der Waals surface area contributed by atoms with Crippen molar-refractivity contribution in [3.8, 4) is 0 Å². The Morgan fingerprint density at radius 2 is 2.22 bits per heavy atom. The number of aromatic amines is 1. The molecule has 3 N–H and O–H groups in total. The number of aliphatic hydroxyl groups is 1. The standard InChI is InChI=1S/C12H19N3O3/c1-2-6-15(7-8-16)9-11(17)14-12(18)10-4-3-5-13-10/h3-5,13,16H,2,6-9H2,1H3,(H,14,17,18). The van der Waals surface area contributed by atoms with Crippen LogP contribution in [0.5, 0.6) is 0 Å². The molecule has 1 rings (SSSR count). The van der Waals surface area contributed by atoms with Crippen molar-refractivity contribution >= 4 is 11.8 Å². The van der Waals surface area contributed by atoms with Crippen LogP contribution in [0.3, 0.4) is 0 Å². The third-order valence-electron chi connectivity index (χ3n) is 2.42. The fourth-order valence-corrected chi connectivity index (χ4v) is 1.64. The Morgan fingerprint density at radius 3 is 2.78 bits per heavy atom. The number of rotatable bonds is 7. The van der Waals surface area contributed by atoms with E-state index in [1.54, 1.807) is 23.2 Å². The molecule has 0 aliphatic rings. The van der Waals surface area contributed by atoms with E-state index in [4.69, 9.17) is 5.11 Å². The summed E-state index contributed by atoms with van der Waals surface area (Å²) < 4.78 is 0. The van der Waals surface area contributed by atoms with Crippen LogP contribution in [0.2, 0.25) is 0 Å². The lowest BCUT2D eigenvalue weighted by molar-refractivity contribution is -0.121. The number of hydrogen-bond donors (Lipinski definition) is 3. The van der Waals surface area contributed by atoms with E-state index in [0.29, 0.717) is 18.8 Å². The number of hydrogen-bond acceptors (Lipinski definition) is 4. The van der Waals surface area contributed by atoms with E-state index in [-0.39, 0.29) is 19.1 Å². The van der Waals surface area contributed by atoms with E-state index in [9.17, 15) is 9.59 Å². The lowest BCUT2D eigenvalue weighted by Gasteiger charge is -2.19. The van der Waals surface area contributed by atoms with Crippen molar-refractivity contribution < 1.29 is 14.7 Å². The van der Waals surface area contributed by atoms with Crippen LogP contribution in [-0.4, -0.2) is 53.0 Å². The highest BCUT2D eigenvalue weighted by Crippen LogP contribution is 1.95. The summed E-state index contributed by atoms with van der Waals surface area (Å²) >= 11 is 0. The zero-order chi connectivity index (χ0) is 13.4. The fourth-order valence-electron chi connectivity index (χ4n) is 1.64. The van der Waals surface area contributed by atoms with Crippen LogP contribution < -0.4 is 5.32 Å². The Kier molecular flexibility index (Phi) is 6.10. The van der Waals surface area contributed by atoms with Crippen molar-refractivity contribution in [1.82, 2.24) is 15.2 Å². The van der Waals surface area contributed by atoms with Crippen LogP contribution in [0.15, 0.2) is 18.3 Å². The molecule has 0 aliphatic carbocycles. The molecule has 0 saturated carbocycles. The van der Waals surface area contributed by atoms with Gasteiger partial charge in [-0.15, -0.1) is 0 Å². The number of nitrogens with zero attached hydrogens (tertiary/aromatic N) is 1. The van der Waals surface area contributed by atoms with Crippen LogP contribution >= 0.6 is 0 Å². The second kappa shape index (κ2) is 7.62. The smallest absolute Gasteiger partial charge is 0.274 e. The topological polar surface area (TPSA) is 85.4 Å². The first kappa shape index (κ1) is 14.4. The van der Waals surface area contributed by atoms with Crippen LogP contribution in [0.25, 0.3) is 0 Å². The van der Waals surface area contributed by atoms with Gasteiger partial charge in [0.25, 0.3) is 5.91 Å². The zero-order valence-corrected chi connectivity index (χ0v) is 10.5. The molecule has 0 atom stereocenters. The third-order valence-corrected chi connectivity index (χ3v) is 2.42. The maximum absolute atomic E-state index is 11.6. The molecule has 0 spiro atoms. The molecule has 18 heavy (non-hydrogen) atoms. The maximum Gasteiger partial charge on any atom is 0.274 e. The Hall–Kier alpha value is -1.66. The van der Waals surface area contributed by atoms with Crippen molar-refractivity contribution in [2.45, 2.75) is 13.3 Å². The minimum atomic E-state index is -0.439. The van der Waals surface area contributed by atoms with Crippen LogP contribution in [0.4, 0.5) is 0 Å². The molecule has 1 aromatic heterocycles. The van der Waals surface area contributed by atoms with E-state index in [2.05, 4.69) is 10.3 Å². The number of H-pyrrole nitrogens is 1. The highest BCUT2D eigenvalue weighted by molar-refractivity contribution is 6.04. The van der Waals surface area contributed by atoms with Gasteiger partial charge in [0.2, 0.25) is 5.91 Å². The largest absolute Gasteiger partial charge is 0.395 e. The highest BCUT2D eigenvalue weighted by Gasteiger charge is 2.13. The Labute approximate surface area is 106 Å². The first-order valence-corrected chi connectivity index (χ1v) is 5.98. The van der Waals surface area contributed by atoms with Gasteiger partial charge in [0, 0.05) is 12.7 Å². The first-order valence-electron chi connectivity index (χ1n) is 5.98. The molecule has 0 saturated heterocycles. The summed E-state index contributed by atoms with van der Waals surface area (Å²) in [6, 6.07) is 3.29. The average molecular weight is 253 g/mol. The fraction of sp³-hybridized carbons (Fsp3) is 0.500. The third kappa shape index (κ3) is 4.68. The van der Waals surface area contributed by atoms with Gasteiger partial charge in [-0.2, -0.15) is 0 Å². The Bertz CT molecular complexity index is 370. The van der Waals surface area contributed by atoms with Gasteiger partial charge in [-0.25, -0.2) is 0 Å². The summed E-state index contributed by atoms with van der Waals surface area (Å²) in [5, 5.41) is 11.2. The Morgan fingerprint density at radius 1 is 1.44 bits per heavy atom. The number of imide groups is 1. The van der Waals surface area contributed by atoms with Crippen LogP contribution in [0, 0.1) is 0 Å². The minimum absolute atomic E-state index is 0.00213. The molecular formula is C12H19N3O3. The molecule has 6 nitrogen and oxygen atoms in total. The predicted octanol–water partition coefficient (Wildman–Crippen LogP) is -0.0246. The van der Waals surface area contributed by atoms with E-state index in [0.717, 1.165) is 6.42 Å². The molecule has 0 aromatic carbocycles. The molecule has 0 unspecified atom stereocenters. The molecule has 0 aliphatic heterocycles. The summed E-state index contributed by atoms with van der Waals surface area (Å²) in [6.45, 7) is 3.24. The molecule has 2 amide bonds. The molecule has 100 valence electrons. The van der Waals surface area contributed by atoms with Gasteiger partial charge >= 0.3 is 0 Å². The monoisotopic (exact) mass is 253 g/mol. The average Bonchev–Trinajstić information content (AvgIpc) is 2.82. The van der Waals surface area contributed by atoms with E-state index < -0.39 is 5.91 Å². The molecule has 6 heteroatoms. The normalized spacial score (nSPS) is 10.6. The number of amides is 2. The lowest BCUT2D eigenvalue weighted by atomic mass is 10.3. The minimum Gasteiger partial charge on any atom is -0.395 e. The van der Waals surface area contributed by atoms with Crippen molar-refractivity contribution in [3.05, 3.63) is 24.0 Å². The van der Waals surface area contributed by atoms with Gasteiger partial charge in [-0.1, -0.05) is 6.92 Å². The van der Waals surface area contributed by atoms with Crippen molar-refractivity contribution in [2.75, 3.05) is 26.2 Å². The number of nitrogens with one attached hydrogen (secondary N) is 2. The zero-order valence-electron chi connectivity index (χ0n) is 10.5. The van der Waals surface area contributed by atoms with Gasteiger partial charge in [0.1, 0.15) is 5.69 Å². The molecule has 1 aromatic rings. The quantitative estimate of drug-likeness (QED) is 0.637. The molecule has 0 radical (unpaired) electrons. The second-order valence-electron chi connectivity index (χ2n) is 3.96. The maximum atomic E-state index is 11.6. The number of carbonyl (C=O) groups is 2. The number of aromatic nitrogens is 1. The van der Waals surface area contributed by atoms with Gasteiger partial charge in [-0.05, 0) is 25.1 Å². The summed E-state index contributed by atoms with van der Waals surface area (Å²) in [4.78, 5) is 27.8. The SMILES string of the molecule is CCCN(CCO)CC(=O)NC(=O)c1ccc[nH]1. The van der Waals surface area contributed by atoms with Crippen molar-refractivity contribution in [3.63, 3.8) is 0 Å². The van der Waals surface area contributed by atoms with Gasteiger partial charge in [0.15, 0.2) is 0 Å². The summed E-state index contributed by atoms with van der Waals surface area (Å²) in [6.07, 6.45) is 2.51. The lowest BCUT2D eigenvalue weighted by Crippen LogP contribution is -2.41. The highest BCUT2D eigenvalue weighted by atomic mass is 16.3. The van der Waals surface area contributed by atoms with E-state index >= 15 is 0 Å². The molecule has 0 fully saturated rings. The second-order valence-corrected chi connectivity index (χ2v) is 3.96. The van der Waals surface area contributed by atoms with Gasteiger partial charge in [0.05, 0.1) is 13.2 Å². The Balaban J connectivity index is 2.42.